The summed E-state index contributed by atoms with van der Waals surface area (Å²) in [7, 11) is 0. The zero-order valence-corrected chi connectivity index (χ0v) is 40.2. The summed E-state index contributed by atoms with van der Waals surface area (Å²) in [6, 6.07) is 84.8. The predicted molar refractivity (Wildman–Crippen MR) is 302 cm³/mol. The van der Waals surface area contributed by atoms with Crippen molar-refractivity contribution >= 4 is 45.7 Å². The summed E-state index contributed by atoms with van der Waals surface area (Å²) >= 11 is 0. The number of fused-ring (bicyclic) bond motifs is 3. The average Bonchev–Trinajstić information content (AvgIpc) is 3.91. The molecule has 0 N–H and O–H groups in total. The molecule has 71 heavy (non-hydrogen) atoms. The molecule has 2 unspecified atom stereocenters. The second kappa shape index (κ2) is 18.3. The summed E-state index contributed by atoms with van der Waals surface area (Å²) < 4.78 is 2.34. The highest BCUT2D eigenvalue weighted by molar-refractivity contribution is 5.96. The van der Waals surface area contributed by atoms with Crippen molar-refractivity contribution in [1.82, 2.24) is 4.57 Å². The number of hydrogen-bond donors (Lipinski definition) is 0. The molecule has 2 atom stereocenters. The monoisotopic (exact) mass is 910 g/mol. The molecule has 0 radical (unpaired) electrons. The minimum atomic E-state index is -0.421. The number of benzene rings is 9. The molecule has 9 aromatic carbocycles. The van der Waals surface area contributed by atoms with E-state index in [1.807, 2.05) is 6.08 Å². The summed E-state index contributed by atoms with van der Waals surface area (Å²) in [6.45, 7) is 8.60. The van der Waals surface area contributed by atoms with E-state index in [4.69, 9.17) is 0 Å². The van der Waals surface area contributed by atoms with Crippen LogP contribution in [0.3, 0.4) is 0 Å². The third-order valence-electron chi connectivity index (χ3n) is 14.8. The molecule has 0 aliphatic heterocycles. The van der Waals surface area contributed by atoms with Crippen molar-refractivity contribution in [2.45, 2.75) is 25.7 Å². The smallest absolute Gasteiger partial charge is 0.0676 e. The Morgan fingerprint density at radius 2 is 1.11 bits per heavy atom. The van der Waals surface area contributed by atoms with Gasteiger partial charge in [-0.3, -0.25) is 0 Å². The normalized spacial score (nSPS) is 16.1. The quantitative estimate of drug-likeness (QED) is 0.126. The molecule has 2 heteroatoms. The highest BCUT2D eigenvalue weighted by atomic mass is 15.1. The first-order chi connectivity index (χ1) is 35.0. The van der Waals surface area contributed by atoms with Crippen LogP contribution in [-0.2, 0) is 5.41 Å². The summed E-state index contributed by atoms with van der Waals surface area (Å²) in [4.78, 5) is 2.44. The molecule has 2 aliphatic carbocycles. The van der Waals surface area contributed by atoms with E-state index in [9.17, 15) is 0 Å². The predicted octanol–water partition coefficient (Wildman–Crippen LogP) is 18.5. The number of allylic oxidation sites excluding steroid dienone is 5. The fourth-order valence-electron chi connectivity index (χ4n) is 11.6. The Kier molecular flexibility index (Phi) is 11.2. The summed E-state index contributed by atoms with van der Waals surface area (Å²) in [5.74, 6) is 0.443. The van der Waals surface area contributed by atoms with Crippen molar-refractivity contribution in [1.29, 1.82) is 0 Å². The number of anilines is 3. The van der Waals surface area contributed by atoms with E-state index in [1.165, 1.54) is 55.4 Å². The largest absolute Gasteiger partial charge is 0.310 e. The maximum Gasteiger partial charge on any atom is 0.0676 e. The number of rotatable bonds is 11. The summed E-state index contributed by atoms with van der Waals surface area (Å²) in [6.07, 6.45) is 12.0. The third-order valence-corrected chi connectivity index (χ3v) is 14.8. The fraction of sp³-hybridized carbons (Fsp3) is 0.0725. The van der Waals surface area contributed by atoms with Gasteiger partial charge in [0.2, 0.25) is 0 Å². The van der Waals surface area contributed by atoms with Gasteiger partial charge < -0.3 is 9.47 Å². The van der Waals surface area contributed by atoms with E-state index in [-0.39, 0.29) is 0 Å². The van der Waals surface area contributed by atoms with Gasteiger partial charge in [0.15, 0.2) is 0 Å². The second-order valence-electron chi connectivity index (χ2n) is 18.9. The molecule has 1 aromatic heterocycles. The Morgan fingerprint density at radius 1 is 0.549 bits per heavy atom. The van der Waals surface area contributed by atoms with E-state index in [0.29, 0.717) is 5.92 Å². The minimum absolute atomic E-state index is 0.421. The van der Waals surface area contributed by atoms with Crippen molar-refractivity contribution < 1.29 is 0 Å². The van der Waals surface area contributed by atoms with Crippen LogP contribution in [0.2, 0.25) is 0 Å². The second-order valence-corrected chi connectivity index (χ2v) is 18.9. The molecule has 12 rings (SSSR count). The number of para-hydroxylation sites is 1. The molecule has 0 saturated carbocycles. The molecule has 2 nitrogen and oxygen atoms in total. The molecule has 0 saturated heterocycles. The maximum absolute atomic E-state index is 4.18. The van der Waals surface area contributed by atoms with Crippen molar-refractivity contribution in [3.8, 4) is 39.1 Å². The van der Waals surface area contributed by atoms with Gasteiger partial charge in [-0.05, 0) is 141 Å². The standard InChI is InChI=1S/C69H54N2/c1-4-19-66-59(5-2)62-27-16-18-29-67(62)71(66)58-40-33-51(34-41-58)50-31-38-56(39-32-50)70(68-45-35-53(49-20-9-6-10-21-49)47-63(68)52-22-11-7-12-23-52)57-42-36-55(37-43-57)69(54-24-13-8-14-25-54)64-28-17-15-26-60(64)61-44-30-48(3)46-65(61)69/h4-45,47-48H,2,46H2,1,3H3/b19-4-. The molecular weight excluding hydrogens is 857 g/mol. The first-order valence-corrected chi connectivity index (χ1v) is 24.9. The van der Waals surface area contributed by atoms with Crippen LogP contribution in [0.4, 0.5) is 17.1 Å². The van der Waals surface area contributed by atoms with Crippen LogP contribution in [0, 0.1) is 5.92 Å². The summed E-state index contributed by atoms with van der Waals surface area (Å²) in [5, 5.41) is 1.20. The SMILES string of the molecule is C=Cc1c(/C=C\C)n(-c2ccc(-c3ccc(N(c4ccc(C5(c6ccccc6)C6=C(C=CC(C)C6)c6ccccc65)cc4)c4ccc(-c5ccccc5)cc4-c4ccccc4)cc3)cc2)c2ccccc12. The van der Waals surface area contributed by atoms with E-state index in [2.05, 4.69) is 285 Å². The first kappa shape index (κ1) is 43.6. The van der Waals surface area contributed by atoms with Crippen LogP contribution in [0.5, 0.6) is 0 Å². The van der Waals surface area contributed by atoms with Crippen LogP contribution in [0.25, 0.3) is 67.7 Å². The number of nitrogens with zero attached hydrogens (tertiary/aromatic N) is 2. The Bertz CT molecular complexity index is 3670. The third kappa shape index (κ3) is 7.43. The van der Waals surface area contributed by atoms with Crippen molar-refractivity contribution in [3.05, 3.63) is 294 Å². The van der Waals surface area contributed by atoms with Crippen LogP contribution in [0.15, 0.2) is 261 Å². The van der Waals surface area contributed by atoms with E-state index in [1.54, 1.807) is 0 Å². The Labute approximate surface area is 418 Å². The van der Waals surface area contributed by atoms with Gasteiger partial charge in [-0.25, -0.2) is 0 Å². The lowest BCUT2D eigenvalue weighted by Crippen LogP contribution is -2.31. The molecule has 340 valence electrons. The lowest BCUT2D eigenvalue weighted by molar-refractivity contribution is 0.622. The van der Waals surface area contributed by atoms with E-state index >= 15 is 0 Å². The number of hydrogen-bond acceptors (Lipinski definition) is 1. The van der Waals surface area contributed by atoms with Gasteiger partial charge in [-0.2, -0.15) is 0 Å². The molecular formula is C69H54N2. The topological polar surface area (TPSA) is 8.17 Å². The van der Waals surface area contributed by atoms with Gasteiger partial charge in [0.05, 0.1) is 22.3 Å². The van der Waals surface area contributed by atoms with Crippen LogP contribution < -0.4 is 4.90 Å². The van der Waals surface area contributed by atoms with Gasteiger partial charge in [0, 0.05) is 33.6 Å². The van der Waals surface area contributed by atoms with Crippen molar-refractivity contribution in [2.24, 2.45) is 5.92 Å². The van der Waals surface area contributed by atoms with Crippen molar-refractivity contribution in [2.75, 3.05) is 4.90 Å². The Balaban J connectivity index is 0.993. The molecule has 0 fully saturated rings. The molecule has 1 heterocycles. The van der Waals surface area contributed by atoms with Gasteiger partial charge >= 0.3 is 0 Å². The average molecular weight is 911 g/mol. The van der Waals surface area contributed by atoms with Crippen LogP contribution >= 0.6 is 0 Å². The molecule has 0 amide bonds. The van der Waals surface area contributed by atoms with Gasteiger partial charge in [-0.1, -0.05) is 214 Å². The number of aromatic nitrogens is 1. The fourth-order valence-corrected chi connectivity index (χ4v) is 11.6. The van der Waals surface area contributed by atoms with Gasteiger partial charge in [0.25, 0.3) is 0 Å². The lowest BCUT2D eigenvalue weighted by Gasteiger charge is -2.37. The Morgan fingerprint density at radius 3 is 1.80 bits per heavy atom. The Hall–Kier alpha value is -8.72. The highest BCUT2D eigenvalue weighted by Gasteiger charge is 2.48. The zero-order chi connectivity index (χ0) is 47.9. The summed E-state index contributed by atoms with van der Waals surface area (Å²) in [5.41, 5.74) is 22.5. The highest BCUT2D eigenvalue weighted by Crippen LogP contribution is 2.58. The van der Waals surface area contributed by atoms with Crippen molar-refractivity contribution in [3.63, 3.8) is 0 Å². The van der Waals surface area contributed by atoms with Crippen LogP contribution in [-0.4, -0.2) is 4.57 Å². The van der Waals surface area contributed by atoms with Crippen LogP contribution in [0.1, 0.15) is 53.8 Å². The molecule has 0 spiro atoms. The molecule has 10 aromatic rings. The maximum atomic E-state index is 4.18. The first-order valence-electron chi connectivity index (χ1n) is 24.9. The van der Waals surface area contributed by atoms with E-state index in [0.717, 1.165) is 62.7 Å². The minimum Gasteiger partial charge on any atom is -0.310 e. The zero-order valence-electron chi connectivity index (χ0n) is 40.2. The lowest BCUT2D eigenvalue weighted by atomic mass is 9.65. The van der Waals surface area contributed by atoms with E-state index < -0.39 is 5.41 Å². The molecule has 2 aliphatic rings. The van der Waals surface area contributed by atoms with Gasteiger partial charge in [-0.15, -0.1) is 0 Å². The molecule has 0 bridgehead atoms. The van der Waals surface area contributed by atoms with Gasteiger partial charge in [0.1, 0.15) is 0 Å².